The number of amides is 1. The number of nitrogens with one attached hydrogen (secondary N) is 1. The molecular weight excluding hydrogens is 180 g/mol. The minimum atomic E-state index is -0.394. The summed E-state index contributed by atoms with van der Waals surface area (Å²) in [7, 11) is 1.36. The van der Waals surface area contributed by atoms with Crippen LogP contribution >= 0.6 is 0 Å². The number of hydrogen-bond donors (Lipinski definition) is 2. The van der Waals surface area contributed by atoms with E-state index in [-0.39, 0.29) is 12.1 Å². The summed E-state index contributed by atoms with van der Waals surface area (Å²) in [6.45, 7) is 0. The summed E-state index contributed by atoms with van der Waals surface area (Å²) in [5.74, 6) is 0. The number of carbonyl (C=O) groups excluding carboxylic acids is 1. The number of carbonyl (C=O) groups is 1. The van der Waals surface area contributed by atoms with Crippen LogP contribution in [0, 0.1) is 0 Å². The zero-order valence-electron chi connectivity index (χ0n) is 8.53. The van der Waals surface area contributed by atoms with Crippen LogP contribution < -0.4 is 11.1 Å². The van der Waals surface area contributed by atoms with E-state index >= 15 is 0 Å². The van der Waals surface area contributed by atoms with Gasteiger partial charge in [-0.05, 0) is 25.7 Å². The van der Waals surface area contributed by atoms with E-state index in [1.54, 1.807) is 0 Å². The molecule has 2 atom stereocenters. The van der Waals surface area contributed by atoms with E-state index in [4.69, 9.17) is 5.73 Å². The van der Waals surface area contributed by atoms with E-state index in [1.165, 1.54) is 7.11 Å². The lowest BCUT2D eigenvalue weighted by molar-refractivity contribution is 0.163. The molecule has 0 unspecified atom stereocenters. The molecule has 0 spiro atoms. The van der Waals surface area contributed by atoms with E-state index in [9.17, 15) is 4.79 Å². The second kappa shape index (κ2) is 5.65. The van der Waals surface area contributed by atoms with Crippen LogP contribution in [0.2, 0.25) is 0 Å². The maximum atomic E-state index is 11.0. The van der Waals surface area contributed by atoms with Crippen molar-refractivity contribution in [1.82, 2.24) is 5.32 Å². The highest BCUT2D eigenvalue weighted by atomic mass is 16.5. The molecule has 1 amide bonds. The molecule has 1 aliphatic rings. The molecule has 0 fully saturated rings. The van der Waals surface area contributed by atoms with E-state index < -0.39 is 6.09 Å². The monoisotopic (exact) mass is 198 g/mol. The number of rotatable bonds is 1. The molecule has 0 aromatic carbocycles. The van der Waals surface area contributed by atoms with Crippen molar-refractivity contribution in [3.63, 3.8) is 0 Å². The van der Waals surface area contributed by atoms with Crippen molar-refractivity contribution in [3.8, 4) is 0 Å². The Morgan fingerprint density at radius 3 is 2.71 bits per heavy atom. The lowest BCUT2D eigenvalue weighted by Crippen LogP contribution is -2.47. The van der Waals surface area contributed by atoms with Gasteiger partial charge in [0.15, 0.2) is 0 Å². The van der Waals surface area contributed by atoms with Crippen LogP contribution in [0.1, 0.15) is 25.7 Å². The predicted octanol–water partition coefficient (Wildman–Crippen LogP) is 1.17. The molecule has 0 aromatic heterocycles. The summed E-state index contributed by atoms with van der Waals surface area (Å²) in [5.41, 5.74) is 5.95. The third-order valence-corrected chi connectivity index (χ3v) is 2.48. The Hall–Kier alpha value is -1.03. The Kier molecular flexibility index (Phi) is 4.46. The second-order valence-electron chi connectivity index (χ2n) is 3.53. The van der Waals surface area contributed by atoms with Crippen LogP contribution in [0.3, 0.4) is 0 Å². The molecule has 4 nitrogen and oxygen atoms in total. The summed E-state index contributed by atoms with van der Waals surface area (Å²) in [4.78, 5) is 11.0. The highest BCUT2D eigenvalue weighted by Gasteiger charge is 2.19. The fourth-order valence-electron chi connectivity index (χ4n) is 1.60. The average Bonchev–Trinajstić information content (AvgIpc) is 2.17. The van der Waals surface area contributed by atoms with Crippen molar-refractivity contribution in [3.05, 3.63) is 12.2 Å². The van der Waals surface area contributed by atoms with Crippen molar-refractivity contribution in [2.45, 2.75) is 37.8 Å². The predicted molar refractivity (Wildman–Crippen MR) is 54.9 cm³/mol. The van der Waals surface area contributed by atoms with Crippen LogP contribution in [0.25, 0.3) is 0 Å². The Morgan fingerprint density at radius 1 is 1.43 bits per heavy atom. The fraction of sp³-hybridized carbons (Fsp3) is 0.700. The SMILES string of the molecule is COC(=O)N[C@@H]1CC/C=C/CC[C@@H]1N. The number of nitrogens with two attached hydrogens (primary N) is 1. The molecule has 14 heavy (non-hydrogen) atoms. The first-order chi connectivity index (χ1) is 6.74. The molecule has 4 heteroatoms. The zero-order valence-corrected chi connectivity index (χ0v) is 8.53. The Morgan fingerprint density at radius 2 is 2.07 bits per heavy atom. The number of hydrogen-bond acceptors (Lipinski definition) is 3. The molecule has 0 bridgehead atoms. The van der Waals surface area contributed by atoms with Gasteiger partial charge < -0.3 is 15.8 Å². The summed E-state index contributed by atoms with van der Waals surface area (Å²) in [6, 6.07) is 0.0615. The summed E-state index contributed by atoms with van der Waals surface area (Å²) < 4.78 is 4.55. The van der Waals surface area contributed by atoms with Gasteiger partial charge >= 0.3 is 6.09 Å². The zero-order chi connectivity index (χ0) is 10.4. The molecule has 0 heterocycles. The molecule has 3 N–H and O–H groups in total. The van der Waals surface area contributed by atoms with Crippen molar-refractivity contribution >= 4 is 6.09 Å². The number of ether oxygens (including phenoxy) is 1. The van der Waals surface area contributed by atoms with Crippen LogP contribution in [0.4, 0.5) is 4.79 Å². The highest BCUT2D eigenvalue weighted by Crippen LogP contribution is 2.11. The second-order valence-corrected chi connectivity index (χ2v) is 3.53. The molecule has 0 saturated heterocycles. The summed E-state index contributed by atoms with van der Waals surface area (Å²) in [6.07, 6.45) is 7.63. The smallest absolute Gasteiger partial charge is 0.407 e. The topological polar surface area (TPSA) is 64.3 Å². The largest absolute Gasteiger partial charge is 0.453 e. The van der Waals surface area contributed by atoms with Gasteiger partial charge in [-0.15, -0.1) is 0 Å². The number of alkyl carbamates (subject to hydrolysis) is 1. The van der Waals surface area contributed by atoms with Crippen molar-refractivity contribution in [2.75, 3.05) is 7.11 Å². The molecule has 1 aliphatic carbocycles. The Balaban J connectivity index is 2.47. The summed E-state index contributed by atoms with van der Waals surface area (Å²) >= 11 is 0. The van der Waals surface area contributed by atoms with Gasteiger partial charge in [0.2, 0.25) is 0 Å². The normalized spacial score (nSPS) is 29.9. The van der Waals surface area contributed by atoms with Crippen LogP contribution in [0.5, 0.6) is 0 Å². The number of allylic oxidation sites excluding steroid dienone is 2. The van der Waals surface area contributed by atoms with Gasteiger partial charge in [-0.1, -0.05) is 12.2 Å². The third kappa shape index (κ3) is 3.38. The molecule has 80 valence electrons. The van der Waals surface area contributed by atoms with Crippen LogP contribution in [-0.4, -0.2) is 25.3 Å². The fourth-order valence-corrected chi connectivity index (χ4v) is 1.60. The minimum Gasteiger partial charge on any atom is -0.453 e. The van der Waals surface area contributed by atoms with Gasteiger partial charge in [0.25, 0.3) is 0 Å². The minimum absolute atomic E-state index is 0.0269. The molecule has 0 aliphatic heterocycles. The lowest BCUT2D eigenvalue weighted by Gasteiger charge is -2.24. The highest BCUT2D eigenvalue weighted by molar-refractivity contribution is 5.67. The van der Waals surface area contributed by atoms with Crippen LogP contribution in [0.15, 0.2) is 12.2 Å². The lowest BCUT2D eigenvalue weighted by atomic mass is 9.96. The van der Waals surface area contributed by atoms with Gasteiger partial charge in [-0.25, -0.2) is 4.79 Å². The van der Waals surface area contributed by atoms with Gasteiger partial charge in [0, 0.05) is 12.1 Å². The van der Waals surface area contributed by atoms with E-state index in [0.29, 0.717) is 0 Å². The average molecular weight is 198 g/mol. The first kappa shape index (κ1) is 11.0. The van der Waals surface area contributed by atoms with Crippen molar-refractivity contribution in [2.24, 2.45) is 5.73 Å². The number of methoxy groups -OCH3 is 1. The van der Waals surface area contributed by atoms with Gasteiger partial charge in [-0.3, -0.25) is 0 Å². The molecule has 1 rings (SSSR count). The van der Waals surface area contributed by atoms with Crippen molar-refractivity contribution in [1.29, 1.82) is 0 Å². The van der Waals surface area contributed by atoms with E-state index in [2.05, 4.69) is 22.2 Å². The van der Waals surface area contributed by atoms with Gasteiger partial charge in [-0.2, -0.15) is 0 Å². The summed E-state index contributed by atoms with van der Waals surface area (Å²) in [5, 5.41) is 2.77. The van der Waals surface area contributed by atoms with Crippen LogP contribution in [-0.2, 0) is 4.74 Å². The maximum absolute atomic E-state index is 11.0. The third-order valence-electron chi connectivity index (χ3n) is 2.48. The molecule has 0 saturated carbocycles. The van der Waals surface area contributed by atoms with E-state index in [1.807, 2.05) is 0 Å². The van der Waals surface area contributed by atoms with Gasteiger partial charge in [0.1, 0.15) is 0 Å². The maximum Gasteiger partial charge on any atom is 0.407 e. The Bertz CT molecular complexity index is 216. The first-order valence-electron chi connectivity index (χ1n) is 4.99. The quantitative estimate of drug-likeness (QED) is 0.621. The molecular formula is C10H18N2O2. The molecule has 0 radical (unpaired) electrons. The Labute approximate surface area is 84.5 Å². The standard InChI is InChI=1S/C10H18N2O2/c1-14-10(13)12-9-7-5-3-2-4-6-8(9)11/h2-3,8-9H,4-7,11H2,1H3,(H,12,13)/b3-2+/t8-,9+/m0/s1. The molecule has 0 aromatic rings. The van der Waals surface area contributed by atoms with E-state index in [0.717, 1.165) is 25.7 Å². The van der Waals surface area contributed by atoms with Crippen molar-refractivity contribution < 1.29 is 9.53 Å². The first-order valence-corrected chi connectivity index (χ1v) is 4.99. The van der Waals surface area contributed by atoms with Gasteiger partial charge in [0.05, 0.1) is 7.11 Å².